The van der Waals surface area contributed by atoms with E-state index >= 15 is 0 Å². The van der Waals surface area contributed by atoms with Crippen molar-refractivity contribution in [2.45, 2.75) is 24.8 Å². The Bertz CT molecular complexity index is 1050. The molecule has 32 heavy (non-hydrogen) atoms. The molecule has 0 aliphatic carbocycles. The van der Waals surface area contributed by atoms with Crippen LogP contribution < -0.4 is 16.6 Å². The van der Waals surface area contributed by atoms with Crippen LogP contribution in [-0.4, -0.2) is 34.6 Å². The maximum atomic E-state index is 12.7. The van der Waals surface area contributed by atoms with Gasteiger partial charge in [-0.25, -0.2) is 4.79 Å². The monoisotopic (exact) mass is 499 g/mol. The average Bonchev–Trinajstić information content (AvgIpc) is 2.78. The van der Waals surface area contributed by atoms with Gasteiger partial charge in [0.05, 0.1) is 0 Å². The number of carbonyl (C=O) groups excluding carboxylic acids is 1. The molecule has 5 N–H and O–H groups in total. The number of hydrogen-bond acceptors (Lipinski definition) is 4. The number of pyridine rings is 1. The van der Waals surface area contributed by atoms with Crippen molar-refractivity contribution >= 4 is 28.9 Å². The Hall–Kier alpha value is -3.23. The van der Waals surface area contributed by atoms with E-state index in [0.717, 1.165) is 11.1 Å². The zero-order valence-corrected chi connectivity index (χ0v) is 19.1. The molecular formula is C24H26BrN3O4. The summed E-state index contributed by atoms with van der Waals surface area (Å²) < 4.78 is 0. The summed E-state index contributed by atoms with van der Waals surface area (Å²) >= 11 is 0. The normalized spacial score (nSPS) is 11.4. The highest BCUT2D eigenvalue weighted by Crippen LogP contribution is 2.30. The number of aromatic amines is 1. The van der Waals surface area contributed by atoms with Gasteiger partial charge < -0.3 is 21.1 Å². The summed E-state index contributed by atoms with van der Waals surface area (Å²) in [4.78, 5) is 39.5. The molecule has 0 spiro atoms. The van der Waals surface area contributed by atoms with Gasteiger partial charge >= 0.3 is 5.97 Å². The molecule has 0 aliphatic heterocycles. The van der Waals surface area contributed by atoms with Crippen LogP contribution in [0.25, 0.3) is 0 Å². The second-order valence-electron chi connectivity index (χ2n) is 7.21. The van der Waals surface area contributed by atoms with Gasteiger partial charge in [-0.05, 0) is 42.6 Å². The number of amides is 1. The molecule has 0 saturated carbocycles. The Morgan fingerprint density at radius 3 is 1.97 bits per heavy atom. The minimum atomic E-state index is -1.16. The molecule has 0 aliphatic rings. The van der Waals surface area contributed by atoms with Crippen molar-refractivity contribution in [1.29, 1.82) is 0 Å². The van der Waals surface area contributed by atoms with Crippen LogP contribution in [0.1, 0.15) is 45.9 Å². The van der Waals surface area contributed by atoms with E-state index < -0.39 is 23.5 Å². The third-order valence-corrected chi connectivity index (χ3v) is 5.05. The van der Waals surface area contributed by atoms with Crippen molar-refractivity contribution in [1.82, 2.24) is 10.3 Å². The van der Waals surface area contributed by atoms with Gasteiger partial charge in [0.2, 0.25) is 0 Å². The molecule has 0 saturated heterocycles. The van der Waals surface area contributed by atoms with Crippen LogP contribution in [0.4, 0.5) is 0 Å². The van der Waals surface area contributed by atoms with Crippen LogP contribution in [0.5, 0.6) is 0 Å². The molecule has 8 heteroatoms. The predicted molar refractivity (Wildman–Crippen MR) is 128 cm³/mol. The smallest absolute Gasteiger partial charge is 0.326 e. The summed E-state index contributed by atoms with van der Waals surface area (Å²) in [5.41, 5.74) is 7.34. The summed E-state index contributed by atoms with van der Waals surface area (Å²) in [6.07, 6.45) is 0.639. The van der Waals surface area contributed by atoms with Crippen molar-refractivity contribution in [3.05, 3.63) is 106 Å². The van der Waals surface area contributed by atoms with E-state index in [0.29, 0.717) is 18.7 Å². The average molecular weight is 500 g/mol. The van der Waals surface area contributed by atoms with Crippen LogP contribution in [0.3, 0.4) is 0 Å². The third kappa shape index (κ3) is 6.15. The number of hydrogen-bond donors (Lipinski definition) is 4. The first-order valence-corrected chi connectivity index (χ1v) is 10.1. The van der Waals surface area contributed by atoms with Crippen LogP contribution in [0, 0.1) is 0 Å². The highest BCUT2D eigenvalue weighted by Gasteiger charge is 2.23. The Morgan fingerprint density at radius 2 is 1.50 bits per heavy atom. The maximum absolute atomic E-state index is 12.7. The fourth-order valence-electron chi connectivity index (χ4n) is 3.49. The van der Waals surface area contributed by atoms with Gasteiger partial charge in [0.15, 0.2) is 0 Å². The number of nitrogens with one attached hydrogen (secondary N) is 2. The van der Waals surface area contributed by atoms with Gasteiger partial charge in [-0.3, -0.25) is 9.59 Å². The van der Waals surface area contributed by atoms with E-state index in [1.807, 2.05) is 60.7 Å². The Labute approximate surface area is 196 Å². The molecule has 0 radical (unpaired) electrons. The zero-order valence-electron chi connectivity index (χ0n) is 17.4. The number of aliphatic carboxylic acids is 1. The number of H-pyrrole nitrogens is 1. The van der Waals surface area contributed by atoms with E-state index in [4.69, 9.17) is 5.73 Å². The number of nitrogens with two attached hydrogens (primary N) is 1. The number of halogens is 1. The highest BCUT2D eigenvalue weighted by molar-refractivity contribution is 8.93. The van der Waals surface area contributed by atoms with Gasteiger partial charge in [-0.2, -0.15) is 0 Å². The van der Waals surface area contributed by atoms with Crippen molar-refractivity contribution in [3.8, 4) is 0 Å². The number of benzene rings is 2. The number of carbonyl (C=O) groups is 2. The van der Waals surface area contributed by atoms with Crippen molar-refractivity contribution < 1.29 is 14.7 Å². The molecule has 3 rings (SSSR count). The first-order chi connectivity index (χ1) is 15.0. The first kappa shape index (κ1) is 25.0. The van der Waals surface area contributed by atoms with E-state index in [1.165, 1.54) is 6.07 Å². The Kier molecular flexibility index (Phi) is 9.37. The number of rotatable bonds is 9. The summed E-state index contributed by atoms with van der Waals surface area (Å²) in [6, 6.07) is 21.5. The molecule has 1 heterocycles. The van der Waals surface area contributed by atoms with Gasteiger partial charge in [0.1, 0.15) is 11.6 Å². The molecule has 1 aromatic heterocycles. The summed E-state index contributed by atoms with van der Waals surface area (Å²) in [5, 5.41) is 11.7. The fraction of sp³-hybridized carbons (Fsp3) is 0.208. The Morgan fingerprint density at radius 1 is 0.938 bits per heavy atom. The predicted octanol–water partition coefficient (Wildman–Crippen LogP) is 3.05. The second-order valence-corrected chi connectivity index (χ2v) is 7.21. The topological polar surface area (TPSA) is 125 Å². The molecule has 0 fully saturated rings. The first-order valence-electron chi connectivity index (χ1n) is 10.1. The van der Waals surface area contributed by atoms with E-state index in [9.17, 15) is 19.5 Å². The zero-order chi connectivity index (χ0) is 22.2. The lowest BCUT2D eigenvalue weighted by molar-refractivity contribution is -0.139. The summed E-state index contributed by atoms with van der Waals surface area (Å²) in [7, 11) is 0. The third-order valence-electron chi connectivity index (χ3n) is 5.05. The lowest BCUT2D eigenvalue weighted by Crippen LogP contribution is -2.42. The molecule has 3 aromatic rings. The van der Waals surface area contributed by atoms with Crippen molar-refractivity contribution in [3.63, 3.8) is 0 Å². The van der Waals surface area contributed by atoms with Crippen LogP contribution >= 0.6 is 17.0 Å². The second kappa shape index (κ2) is 12.0. The molecule has 1 atom stereocenters. The molecule has 1 amide bonds. The van der Waals surface area contributed by atoms with Gasteiger partial charge in [0, 0.05) is 11.6 Å². The molecule has 168 valence electrons. The quantitative estimate of drug-likeness (QED) is 0.360. The van der Waals surface area contributed by atoms with E-state index in [-0.39, 0.29) is 34.9 Å². The SMILES string of the molecule is Br.NCCC[C@H](NC(=O)c1ccc(C(c2ccccc2)c2ccccc2)[nH]c1=O)C(=O)O. The lowest BCUT2D eigenvalue weighted by Gasteiger charge is -2.19. The minimum Gasteiger partial charge on any atom is -0.480 e. The van der Waals surface area contributed by atoms with Crippen LogP contribution in [0.2, 0.25) is 0 Å². The van der Waals surface area contributed by atoms with Gasteiger partial charge in [0.25, 0.3) is 11.5 Å². The highest BCUT2D eigenvalue weighted by atomic mass is 79.9. The van der Waals surface area contributed by atoms with Crippen molar-refractivity contribution in [2.24, 2.45) is 5.73 Å². The maximum Gasteiger partial charge on any atom is 0.326 e. The van der Waals surface area contributed by atoms with E-state index in [2.05, 4.69) is 10.3 Å². The number of aromatic nitrogens is 1. The Balaban J connectivity index is 0.00000363. The standard InChI is InChI=1S/C24H25N3O4.BrH/c25-15-7-12-20(24(30)31)27-23(29)18-13-14-19(26-22(18)28)21(16-8-3-1-4-9-16)17-10-5-2-6-11-17;/h1-6,8-11,13-14,20-21H,7,12,15,25H2,(H,26,28)(H,27,29)(H,30,31);1H/t20-;/m0./s1. The lowest BCUT2D eigenvalue weighted by atomic mass is 9.88. The number of carboxylic acids is 1. The van der Waals surface area contributed by atoms with E-state index in [1.54, 1.807) is 6.07 Å². The molecule has 0 unspecified atom stereocenters. The molecule has 2 aromatic carbocycles. The van der Waals surface area contributed by atoms with Gasteiger partial charge in [-0.1, -0.05) is 60.7 Å². The number of carboxylic acid groups (broad SMARTS) is 1. The van der Waals surface area contributed by atoms with Crippen molar-refractivity contribution in [2.75, 3.05) is 6.54 Å². The van der Waals surface area contributed by atoms with Gasteiger partial charge in [-0.15, -0.1) is 17.0 Å². The largest absolute Gasteiger partial charge is 0.480 e. The summed E-state index contributed by atoms with van der Waals surface area (Å²) in [5.74, 6) is -2.11. The summed E-state index contributed by atoms with van der Waals surface area (Å²) in [6.45, 7) is 0.315. The minimum absolute atomic E-state index is 0. The fourth-order valence-corrected chi connectivity index (χ4v) is 3.49. The molecular weight excluding hydrogens is 474 g/mol. The van der Waals surface area contributed by atoms with Crippen LogP contribution in [0.15, 0.2) is 77.6 Å². The van der Waals surface area contributed by atoms with Crippen LogP contribution in [-0.2, 0) is 4.79 Å². The molecule has 0 bridgehead atoms. The molecule has 7 nitrogen and oxygen atoms in total.